The van der Waals surface area contributed by atoms with Crippen LogP contribution in [0, 0.1) is 52.3 Å². The van der Waals surface area contributed by atoms with E-state index in [4.69, 9.17) is 4.74 Å². The maximum atomic E-state index is 12.9. The molecular formula is C50H86O2. The summed E-state index contributed by atoms with van der Waals surface area (Å²) in [6, 6.07) is 0. The summed E-state index contributed by atoms with van der Waals surface area (Å²) in [5, 5.41) is 0. The van der Waals surface area contributed by atoms with Gasteiger partial charge in [0.15, 0.2) is 0 Å². The van der Waals surface area contributed by atoms with Crippen LogP contribution in [0.15, 0.2) is 36.0 Å². The molecule has 4 rings (SSSR count). The maximum absolute atomic E-state index is 12.9. The average molecular weight is 719 g/mol. The van der Waals surface area contributed by atoms with Crippen LogP contribution in [0.3, 0.4) is 0 Å². The number of carbonyl (C=O) groups is 1. The van der Waals surface area contributed by atoms with E-state index in [1.165, 1.54) is 135 Å². The summed E-state index contributed by atoms with van der Waals surface area (Å²) in [5.74, 6) is 5.53. The van der Waals surface area contributed by atoms with Crippen molar-refractivity contribution >= 4 is 5.97 Å². The highest BCUT2D eigenvalue weighted by Crippen LogP contribution is 2.67. The molecule has 3 saturated carbocycles. The van der Waals surface area contributed by atoms with Gasteiger partial charge in [0.1, 0.15) is 6.10 Å². The summed E-state index contributed by atoms with van der Waals surface area (Å²) in [7, 11) is 0. The van der Waals surface area contributed by atoms with Crippen LogP contribution < -0.4 is 0 Å². The van der Waals surface area contributed by atoms with Gasteiger partial charge in [0.2, 0.25) is 0 Å². The molecule has 52 heavy (non-hydrogen) atoms. The standard InChI is InChI=1S/C50H86O2/c1-8-10-11-12-13-14-15-16-17-18-19-20-21-22-23-24-25-26-27-48(51)52-43-34-36-49(6)42(38-43)30-31-44-46-33-32-45(50(46,7)37-35-47(44)49)40(5)28-29-41(9-2)39(3)4/h19-20,28-30,39-41,43-47H,8-18,21-27,31-38H2,1-7H3/b20-19+,29-28+. The van der Waals surface area contributed by atoms with Gasteiger partial charge in [-0.05, 0) is 136 Å². The van der Waals surface area contributed by atoms with Crippen molar-refractivity contribution in [3.05, 3.63) is 36.0 Å². The molecule has 4 aliphatic rings. The smallest absolute Gasteiger partial charge is 0.306 e. The van der Waals surface area contributed by atoms with Crippen LogP contribution in [0.25, 0.3) is 0 Å². The lowest BCUT2D eigenvalue weighted by Crippen LogP contribution is -2.51. The van der Waals surface area contributed by atoms with Gasteiger partial charge >= 0.3 is 5.97 Å². The van der Waals surface area contributed by atoms with Crippen LogP contribution >= 0.6 is 0 Å². The van der Waals surface area contributed by atoms with Gasteiger partial charge in [-0.2, -0.15) is 0 Å². The van der Waals surface area contributed by atoms with Crippen molar-refractivity contribution in [2.45, 2.75) is 222 Å². The minimum atomic E-state index is 0.0505. The van der Waals surface area contributed by atoms with E-state index >= 15 is 0 Å². The Balaban J connectivity index is 1.09. The fourth-order valence-electron chi connectivity index (χ4n) is 12.0. The first-order valence-electron chi connectivity index (χ1n) is 23.4. The molecule has 0 spiro atoms. The highest BCUT2D eigenvalue weighted by Gasteiger charge is 2.59. The minimum Gasteiger partial charge on any atom is -0.462 e. The van der Waals surface area contributed by atoms with E-state index in [-0.39, 0.29) is 12.1 Å². The normalized spacial score (nSPS) is 31.4. The van der Waals surface area contributed by atoms with E-state index < -0.39 is 0 Å². The number of rotatable bonds is 24. The number of allylic oxidation sites excluding steroid dienone is 5. The molecule has 2 nitrogen and oxygen atoms in total. The van der Waals surface area contributed by atoms with E-state index in [2.05, 4.69) is 78.8 Å². The van der Waals surface area contributed by atoms with Crippen molar-refractivity contribution in [3.8, 4) is 0 Å². The summed E-state index contributed by atoms with van der Waals surface area (Å²) in [4.78, 5) is 12.9. The number of fused-ring (bicyclic) bond motifs is 5. The molecule has 0 bridgehead atoms. The van der Waals surface area contributed by atoms with Crippen molar-refractivity contribution in [3.63, 3.8) is 0 Å². The number of hydrogen-bond acceptors (Lipinski definition) is 2. The number of ether oxygens (including phenoxy) is 1. The molecule has 9 atom stereocenters. The molecule has 3 fully saturated rings. The summed E-state index contributed by atoms with van der Waals surface area (Å²) < 4.78 is 6.15. The van der Waals surface area contributed by atoms with Crippen molar-refractivity contribution < 1.29 is 9.53 Å². The van der Waals surface area contributed by atoms with Crippen molar-refractivity contribution in [2.75, 3.05) is 0 Å². The fourth-order valence-corrected chi connectivity index (χ4v) is 12.0. The third-order valence-corrected chi connectivity index (χ3v) is 15.4. The molecular weight excluding hydrogens is 633 g/mol. The number of hydrogen-bond donors (Lipinski definition) is 0. The Morgan fingerprint density at radius 1 is 0.769 bits per heavy atom. The summed E-state index contributed by atoms with van der Waals surface area (Å²) in [6.07, 6.45) is 45.8. The van der Waals surface area contributed by atoms with Crippen molar-refractivity contribution in [1.29, 1.82) is 0 Å². The molecule has 0 amide bonds. The summed E-state index contributed by atoms with van der Waals surface area (Å²) in [5.41, 5.74) is 2.43. The Bertz CT molecular complexity index is 1110. The van der Waals surface area contributed by atoms with Gasteiger partial charge in [-0.15, -0.1) is 0 Å². The van der Waals surface area contributed by atoms with Crippen LogP contribution in [0.1, 0.15) is 215 Å². The van der Waals surface area contributed by atoms with Gasteiger partial charge in [-0.3, -0.25) is 4.79 Å². The molecule has 0 aromatic carbocycles. The topological polar surface area (TPSA) is 26.3 Å². The van der Waals surface area contributed by atoms with E-state index in [9.17, 15) is 4.79 Å². The first-order valence-corrected chi connectivity index (χ1v) is 23.4. The number of carbonyl (C=O) groups excluding carboxylic acids is 1. The Kier molecular flexibility index (Phi) is 18.6. The summed E-state index contributed by atoms with van der Waals surface area (Å²) in [6.45, 7) is 17.2. The summed E-state index contributed by atoms with van der Waals surface area (Å²) >= 11 is 0. The largest absolute Gasteiger partial charge is 0.462 e. The van der Waals surface area contributed by atoms with E-state index in [1.807, 2.05) is 0 Å². The minimum absolute atomic E-state index is 0.0505. The Morgan fingerprint density at radius 3 is 2.04 bits per heavy atom. The van der Waals surface area contributed by atoms with E-state index in [1.54, 1.807) is 5.57 Å². The molecule has 2 heteroatoms. The van der Waals surface area contributed by atoms with Crippen LogP contribution in [0.5, 0.6) is 0 Å². The maximum Gasteiger partial charge on any atom is 0.306 e. The molecule has 9 unspecified atom stereocenters. The quantitative estimate of drug-likeness (QED) is 0.0564. The van der Waals surface area contributed by atoms with E-state index in [0.717, 1.165) is 55.3 Å². The Labute approximate surface area is 324 Å². The molecule has 0 saturated heterocycles. The lowest BCUT2D eigenvalue weighted by molar-refractivity contribution is -0.151. The lowest BCUT2D eigenvalue weighted by Gasteiger charge is -2.58. The van der Waals surface area contributed by atoms with Crippen LogP contribution in [-0.2, 0) is 9.53 Å². The first-order chi connectivity index (χ1) is 25.1. The SMILES string of the molecule is CCCCCCCCCCC/C=C/CCCCCCCC(=O)OC1CCC2(C)C(=CCC3C2CCC2(C)C(C(C)/C=C/C(CC)C(C)C)CCC32)C1. The van der Waals surface area contributed by atoms with Crippen molar-refractivity contribution in [1.82, 2.24) is 0 Å². The molecule has 0 aromatic heterocycles. The van der Waals surface area contributed by atoms with Gasteiger partial charge in [0.25, 0.3) is 0 Å². The van der Waals surface area contributed by atoms with Gasteiger partial charge in [-0.1, -0.05) is 155 Å². The van der Waals surface area contributed by atoms with E-state index in [0.29, 0.717) is 29.1 Å². The zero-order valence-corrected chi connectivity index (χ0v) is 35.7. The van der Waals surface area contributed by atoms with Crippen LogP contribution in [0.4, 0.5) is 0 Å². The second-order valence-electron chi connectivity index (χ2n) is 19.3. The first kappa shape index (κ1) is 43.4. The third-order valence-electron chi connectivity index (χ3n) is 15.4. The molecule has 0 radical (unpaired) electrons. The average Bonchev–Trinajstić information content (AvgIpc) is 3.48. The predicted octanol–water partition coefficient (Wildman–Crippen LogP) is 15.6. The second kappa shape index (κ2) is 22.3. The zero-order valence-electron chi connectivity index (χ0n) is 35.7. The highest BCUT2D eigenvalue weighted by atomic mass is 16.5. The Morgan fingerprint density at radius 2 is 1.40 bits per heavy atom. The zero-order chi connectivity index (χ0) is 37.4. The highest BCUT2D eigenvalue weighted by molar-refractivity contribution is 5.69. The van der Waals surface area contributed by atoms with Gasteiger partial charge < -0.3 is 4.74 Å². The number of esters is 1. The van der Waals surface area contributed by atoms with Crippen LogP contribution in [0.2, 0.25) is 0 Å². The third kappa shape index (κ3) is 12.1. The van der Waals surface area contributed by atoms with Crippen LogP contribution in [-0.4, -0.2) is 12.1 Å². The van der Waals surface area contributed by atoms with Gasteiger partial charge in [0, 0.05) is 12.8 Å². The van der Waals surface area contributed by atoms with Gasteiger partial charge in [0.05, 0.1) is 0 Å². The molecule has 298 valence electrons. The van der Waals surface area contributed by atoms with Gasteiger partial charge in [-0.25, -0.2) is 0 Å². The Hall–Kier alpha value is -1.31. The monoisotopic (exact) mass is 719 g/mol. The predicted molar refractivity (Wildman–Crippen MR) is 225 cm³/mol. The fraction of sp³-hybridized carbons (Fsp3) is 0.860. The number of unbranched alkanes of at least 4 members (excludes halogenated alkanes) is 14. The lowest BCUT2D eigenvalue weighted by atomic mass is 9.47. The molecule has 0 N–H and O–H groups in total. The van der Waals surface area contributed by atoms with Crippen molar-refractivity contribution in [2.24, 2.45) is 52.3 Å². The molecule has 0 aliphatic heterocycles. The molecule has 4 aliphatic carbocycles. The second-order valence-corrected chi connectivity index (χ2v) is 19.3. The molecule has 0 aromatic rings. The molecule has 0 heterocycles.